The molecule has 2 heteroatoms. The van der Waals surface area contributed by atoms with Gasteiger partial charge < -0.3 is 8.98 Å². The second-order valence-corrected chi connectivity index (χ2v) is 14.8. The Labute approximate surface area is 323 Å². The first-order valence-electron chi connectivity index (χ1n) is 19.3. The van der Waals surface area contributed by atoms with Gasteiger partial charge in [0.15, 0.2) is 0 Å². The van der Waals surface area contributed by atoms with Gasteiger partial charge in [0, 0.05) is 32.8 Å². The van der Waals surface area contributed by atoms with Gasteiger partial charge in [-0.2, -0.15) is 0 Å². The van der Waals surface area contributed by atoms with Gasteiger partial charge in [-0.15, -0.1) is 0 Å². The first-order chi connectivity index (χ1) is 27.8. The van der Waals surface area contributed by atoms with E-state index in [1.807, 2.05) is 0 Å². The number of fused-ring (bicyclic) bond motifs is 10. The van der Waals surface area contributed by atoms with Crippen LogP contribution in [0.4, 0.5) is 0 Å². The van der Waals surface area contributed by atoms with Crippen molar-refractivity contribution in [2.75, 3.05) is 0 Å². The fraction of sp³-hybridized carbons (Fsp3) is 0. The number of benzene rings is 10. The molecule has 0 aliphatic heterocycles. The first-order valence-corrected chi connectivity index (χ1v) is 19.3. The van der Waals surface area contributed by atoms with Crippen LogP contribution in [0, 0.1) is 0 Å². The molecule has 0 amide bonds. The van der Waals surface area contributed by atoms with Crippen molar-refractivity contribution in [2.45, 2.75) is 0 Å². The molecule has 260 valence electrons. The highest BCUT2D eigenvalue weighted by Crippen LogP contribution is 2.48. The summed E-state index contributed by atoms with van der Waals surface area (Å²) in [6.07, 6.45) is 0. The standard InChI is InChI=1S/C54H33NO/c1-3-15-34(16-4-1)46-31-37(32-47-53-39-20-8-7-17-35(39)28-30-50(53)56-54(46)47)52-44-24-11-9-22-42(44)51(43-23-10-12-25-45(43)52)36-27-29-41-40-21-13-14-26-48(40)55(49(41)33-36)38-18-5-2-6-19-38/h1-33H. The van der Waals surface area contributed by atoms with Gasteiger partial charge >= 0.3 is 0 Å². The van der Waals surface area contributed by atoms with Crippen molar-refractivity contribution < 1.29 is 4.42 Å². The number of aromatic nitrogens is 1. The monoisotopic (exact) mass is 711 g/mol. The van der Waals surface area contributed by atoms with Crippen LogP contribution in [0.15, 0.2) is 205 Å². The quantitative estimate of drug-likeness (QED) is 0.166. The van der Waals surface area contributed by atoms with Crippen LogP contribution in [0.25, 0.3) is 115 Å². The molecule has 0 fully saturated rings. The van der Waals surface area contributed by atoms with Crippen LogP contribution in [-0.4, -0.2) is 4.57 Å². The third-order valence-corrected chi connectivity index (χ3v) is 11.7. The Morgan fingerprint density at radius 2 is 0.911 bits per heavy atom. The maximum Gasteiger partial charge on any atom is 0.143 e. The molecule has 12 aromatic rings. The number of para-hydroxylation sites is 2. The van der Waals surface area contributed by atoms with E-state index in [2.05, 4.69) is 205 Å². The van der Waals surface area contributed by atoms with E-state index in [1.54, 1.807) is 0 Å². The second-order valence-electron chi connectivity index (χ2n) is 14.8. The summed E-state index contributed by atoms with van der Waals surface area (Å²) in [6, 6.07) is 72.7. The summed E-state index contributed by atoms with van der Waals surface area (Å²) in [7, 11) is 0. The zero-order valence-electron chi connectivity index (χ0n) is 30.4. The second kappa shape index (κ2) is 12.0. The molecule has 0 saturated carbocycles. The van der Waals surface area contributed by atoms with E-state index in [0.29, 0.717) is 0 Å². The normalized spacial score (nSPS) is 11.9. The van der Waals surface area contributed by atoms with Crippen LogP contribution in [0.3, 0.4) is 0 Å². The molecule has 0 unspecified atom stereocenters. The number of rotatable bonds is 4. The van der Waals surface area contributed by atoms with E-state index < -0.39 is 0 Å². The lowest BCUT2D eigenvalue weighted by atomic mass is 9.84. The van der Waals surface area contributed by atoms with E-state index in [4.69, 9.17) is 4.42 Å². The van der Waals surface area contributed by atoms with Gasteiger partial charge in [0.25, 0.3) is 0 Å². The largest absolute Gasteiger partial charge is 0.455 e. The van der Waals surface area contributed by atoms with Crippen LogP contribution < -0.4 is 0 Å². The maximum atomic E-state index is 6.79. The molecular weight excluding hydrogens is 679 g/mol. The van der Waals surface area contributed by atoms with E-state index in [0.717, 1.165) is 38.8 Å². The Bertz CT molecular complexity index is 3460. The highest BCUT2D eigenvalue weighted by atomic mass is 16.3. The summed E-state index contributed by atoms with van der Waals surface area (Å²) in [6.45, 7) is 0. The Morgan fingerprint density at radius 1 is 0.339 bits per heavy atom. The summed E-state index contributed by atoms with van der Waals surface area (Å²) >= 11 is 0. The van der Waals surface area contributed by atoms with E-state index in [-0.39, 0.29) is 0 Å². The average molecular weight is 712 g/mol. The molecule has 0 spiro atoms. The van der Waals surface area contributed by atoms with Crippen molar-refractivity contribution in [3.05, 3.63) is 200 Å². The van der Waals surface area contributed by atoms with Crippen molar-refractivity contribution in [2.24, 2.45) is 0 Å². The molecule has 2 aromatic heterocycles. The van der Waals surface area contributed by atoms with Gasteiger partial charge in [0.05, 0.1) is 11.0 Å². The lowest BCUT2D eigenvalue weighted by molar-refractivity contribution is 0.670. The first kappa shape index (κ1) is 31.0. The van der Waals surface area contributed by atoms with Crippen LogP contribution in [0.2, 0.25) is 0 Å². The van der Waals surface area contributed by atoms with Crippen molar-refractivity contribution in [3.63, 3.8) is 0 Å². The number of hydrogen-bond acceptors (Lipinski definition) is 1. The fourth-order valence-corrected chi connectivity index (χ4v) is 9.36. The third kappa shape index (κ3) is 4.50. The smallest absolute Gasteiger partial charge is 0.143 e. The van der Waals surface area contributed by atoms with Crippen LogP contribution in [-0.2, 0) is 0 Å². The number of furan rings is 1. The SMILES string of the molecule is c1ccc(-c2cc(-c3c4ccccc4c(-c4ccc5c6ccccc6n(-c6ccccc6)c5c4)c4ccccc34)cc3c2oc2ccc4ccccc4c23)cc1. The lowest BCUT2D eigenvalue weighted by Gasteiger charge is -2.19. The van der Waals surface area contributed by atoms with Crippen molar-refractivity contribution in [3.8, 4) is 39.1 Å². The molecule has 0 aliphatic carbocycles. The van der Waals surface area contributed by atoms with E-state index in [9.17, 15) is 0 Å². The van der Waals surface area contributed by atoms with Gasteiger partial charge in [0.1, 0.15) is 11.2 Å². The molecule has 0 atom stereocenters. The van der Waals surface area contributed by atoms with Gasteiger partial charge in [-0.3, -0.25) is 0 Å². The Hall–Kier alpha value is -7.42. The summed E-state index contributed by atoms with van der Waals surface area (Å²) in [5.41, 5.74) is 12.5. The molecule has 0 aliphatic rings. The highest BCUT2D eigenvalue weighted by molar-refractivity contribution is 6.25. The minimum atomic E-state index is 0.904. The van der Waals surface area contributed by atoms with E-state index in [1.165, 1.54) is 76.4 Å². The van der Waals surface area contributed by atoms with Crippen molar-refractivity contribution in [1.29, 1.82) is 0 Å². The molecule has 0 radical (unpaired) electrons. The van der Waals surface area contributed by atoms with Crippen LogP contribution in [0.5, 0.6) is 0 Å². The molecule has 10 aromatic carbocycles. The Balaban J connectivity index is 1.18. The van der Waals surface area contributed by atoms with Gasteiger partial charge in [0.2, 0.25) is 0 Å². The zero-order chi connectivity index (χ0) is 36.7. The summed E-state index contributed by atoms with van der Waals surface area (Å²) in [5, 5.41) is 12.1. The number of nitrogens with zero attached hydrogens (tertiary/aromatic N) is 1. The van der Waals surface area contributed by atoms with Crippen molar-refractivity contribution >= 4 is 76.1 Å². The maximum absolute atomic E-state index is 6.79. The van der Waals surface area contributed by atoms with Gasteiger partial charge in [-0.1, -0.05) is 158 Å². The Kier molecular flexibility index (Phi) is 6.66. The van der Waals surface area contributed by atoms with Crippen LogP contribution >= 0.6 is 0 Å². The molecule has 56 heavy (non-hydrogen) atoms. The molecule has 12 rings (SSSR count). The lowest BCUT2D eigenvalue weighted by Crippen LogP contribution is -1.94. The molecule has 2 nitrogen and oxygen atoms in total. The van der Waals surface area contributed by atoms with Crippen molar-refractivity contribution in [1.82, 2.24) is 4.57 Å². The average Bonchev–Trinajstić information content (AvgIpc) is 3.81. The molecular formula is C54H33NO. The van der Waals surface area contributed by atoms with Crippen LogP contribution in [0.1, 0.15) is 0 Å². The topological polar surface area (TPSA) is 18.1 Å². The zero-order valence-corrected chi connectivity index (χ0v) is 30.4. The Morgan fingerprint density at radius 3 is 1.62 bits per heavy atom. The molecule has 0 N–H and O–H groups in total. The van der Waals surface area contributed by atoms with Gasteiger partial charge in [-0.25, -0.2) is 0 Å². The summed E-state index contributed by atoms with van der Waals surface area (Å²) < 4.78 is 9.19. The van der Waals surface area contributed by atoms with Gasteiger partial charge in [-0.05, 0) is 103 Å². The number of hydrogen-bond donors (Lipinski definition) is 0. The molecule has 0 saturated heterocycles. The highest BCUT2D eigenvalue weighted by Gasteiger charge is 2.22. The summed E-state index contributed by atoms with van der Waals surface area (Å²) in [4.78, 5) is 0. The third-order valence-electron chi connectivity index (χ3n) is 11.7. The molecule has 2 heterocycles. The predicted octanol–water partition coefficient (Wildman–Crippen LogP) is 15.1. The minimum absolute atomic E-state index is 0.904. The summed E-state index contributed by atoms with van der Waals surface area (Å²) in [5.74, 6) is 0. The van der Waals surface area contributed by atoms with E-state index >= 15 is 0 Å². The molecule has 0 bridgehead atoms. The fourth-order valence-electron chi connectivity index (χ4n) is 9.36. The minimum Gasteiger partial charge on any atom is -0.455 e. The predicted molar refractivity (Wildman–Crippen MR) is 237 cm³/mol.